The molecule has 0 spiro atoms. The second kappa shape index (κ2) is 6.27. The molecule has 7 heteroatoms. The Kier molecular flexibility index (Phi) is 3.84. The molecule has 1 saturated carbocycles. The van der Waals surface area contributed by atoms with E-state index in [1.807, 2.05) is 32.0 Å². The van der Waals surface area contributed by atoms with Gasteiger partial charge in [-0.25, -0.2) is 15.0 Å². The fraction of sp³-hybridized carbons (Fsp3) is 0.238. The van der Waals surface area contributed by atoms with Crippen molar-refractivity contribution in [3.05, 3.63) is 62.9 Å². The van der Waals surface area contributed by atoms with E-state index < -0.39 is 0 Å². The molecule has 4 aromatic rings. The van der Waals surface area contributed by atoms with E-state index in [0.29, 0.717) is 39.4 Å². The molecule has 0 amide bonds. The molecular formula is C21H17ClN4O2. The van der Waals surface area contributed by atoms with Crippen LogP contribution in [0.1, 0.15) is 35.8 Å². The largest absolute Gasteiger partial charge is 0.460 e. The fourth-order valence-electron chi connectivity index (χ4n) is 3.44. The van der Waals surface area contributed by atoms with Crippen LogP contribution >= 0.6 is 11.6 Å². The Hall–Kier alpha value is -2.99. The summed E-state index contributed by atoms with van der Waals surface area (Å²) in [6, 6.07) is 7.32. The first-order valence-corrected chi connectivity index (χ1v) is 9.52. The van der Waals surface area contributed by atoms with Crippen molar-refractivity contribution in [1.82, 2.24) is 19.9 Å². The van der Waals surface area contributed by atoms with Crippen LogP contribution in [0.4, 0.5) is 0 Å². The number of nitrogens with zero attached hydrogens (tertiary/aromatic N) is 3. The number of H-pyrrole nitrogens is 1. The van der Waals surface area contributed by atoms with Crippen molar-refractivity contribution in [3.63, 3.8) is 0 Å². The number of hydrogen-bond acceptors (Lipinski definition) is 5. The zero-order chi connectivity index (χ0) is 19.4. The summed E-state index contributed by atoms with van der Waals surface area (Å²) in [4.78, 5) is 29.8. The van der Waals surface area contributed by atoms with Crippen molar-refractivity contribution in [3.8, 4) is 22.7 Å². The van der Waals surface area contributed by atoms with Crippen LogP contribution in [0.25, 0.3) is 33.9 Å². The average molecular weight is 393 g/mol. The molecule has 0 unspecified atom stereocenters. The molecule has 0 saturated heterocycles. The monoisotopic (exact) mass is 392 g/mol. The van der Waals surface area contributed by atoms with Gasteiger partial charge in [-0.1, -0.05) is 11.6 Å². The summed E-state index contributed by atoms with van der Waals surface area (Å²) in [6.07, 6.45) is 3.84. The van der Waals surface area contributed by atoms with E-state index in [2.05, 4.69) is 9.97 Å². The summed E-state index contributed by atoms with van der Waals surface area (Å²) in [7, 11) is 0. The number of furan rings is 1. The van der Waals surface area contributed by atoms with Crippen molar-refractivity contribution >= 4 is 22.8 Å². The summed E-state index contributed by atoms with van der Waals surface area (Å²) in [5.41, 5.74) is 4.09. The van der Waals surface area contributed by atoms with E-state index in [9.17, 15) is 4.79 Å². The Morgan fingerprint density at radius 3 is 2.61 bits per heavy atom. The first-order chi connectivity index (χ1) is 13.5. The predicted octanol–water partition coefficient (Wildman–Crippen LogP) is 4.79. The van der Waals surface area contributed by atoms with E-state index in [1.165, 1.54) is 0 Å². The van der Waals surface area contributed by atoms with Crippen LogP contribution in [0.3, 0.4) is 0 Å². The third kappa shape index (κ3) is 2.90. The molecule has 1 aliphatic rings. The van der Waals surface area contributed by atoms with Gasteiger partial charge in [-0.15, -0.1) is 0 Å². The summed E-state index contributed by atoms with van der Waals surface area (Å²) in [6.45, 7) is 3.73. The Bertz CT molecular complexity index is 1270. The number of aryl methyl sites for hydroxylation is 2. The fourth-order valence-corrected chi connectivity index (χ4v) is 3.69. The number of aromatic amines is 1. The van der Waals surface area contributed by atoms with Gasteiger partial charge in [0.15, 0.2) is 16.9 Å². The number of pyridine rings is 2. The molecule has 0 aliphatic heterocycles. The third-order valence-corrected chi connectivity index (χ3v) is 5.12. The van der Waals surface area contributed by atoms with Crippen molar-refractivity contribution in [2.24, 2.45) is 0 Å². The summed E-state index contributed by atoms with van der Waals surface area (Å²) in [5.74, 6) is 1.67. The highest BCUT2D eigenvalue weighted by Gasteiger charge is 2.28. The number of nitrogens with one attached hydrogen (secondary N) is 1. The molecule has 4 aromatic heterocycles. The van der Waals surface area contributed by atoms with E-state index >= 15 is 0 Å². The van der Waals surface area contributed by atoms with Crippen LogP contribution in [-0.2, 0) is 0 Å². The smallest absolute Gasteiger partial charge is 0.212 e. The second-order valence-corrected chi connectivity index (χ2v) is 7.58. The minimum absolute atomic E-state index is 0.0657. The van der Waals surface area contributed by atoms with Crippen LogP contribution in [0, 0.1) is 13.8 Å². The van der Waals surface area contributed by atoms with Gasteiger partial charge in [0, 0.05) is 23.0 Å². The number of hydrogen-bond donors (Lipinski definition) is 1. The zero-order valence-electron chi connectivity index (χ0n) is 15.4. The molecule has 6 nitrogen and oxygen atoms in total. The van der Waals surface area contributed by atoms with Gasteiger partial charge < -0.3 is 9.40 Å². The van der Waals surface area contributed by atoms with E-state index in [4.69, 9.17) is 26.0 Å². The first kappa shape index (κ1) is 17.1. The lowest BCUT2D eigenvalue weighted by atomic mass is 10.1. The Morgan fingerprint density at radius 2 is 1.93 bits per heavy atom. The number of aromatic nitrogens is 4. The molecule has 4 heterocycles. The molecule has 0 atom stereocenters. The lowest BCUT2D eigenvalue weighted by molar-refractivity contribution is 0.546. The maximum absolute atomic E-state index is 13.0. The maximum atomic E-state index is 13.0. The first-order valence-electron chi connectivity index (χ1n) is 9.14. The van der Waals surface area contributed by atoms with Gasteiger partial charge >= 0.3 is 0 Å². The summed E-state index contributed by atoms with van der Waals surface area (Å²) in [5, 5.41) is 0.360. The van der Waals surface area contributed by atoms with Gasteiger partial charge in [0.2, 0.25) is 5.43 Å². The van der Waals surface area contributed by atoms with Crippen molar-refractivity contribution in [1.29, 1.82) is 0 Å². The van der Waals surface area contributed by atoms with Gasteiger partial charge in [-0.05, 0) is 56.9 Å². The van der Waals surface area contributed by atoms with E-state index in [1.54, 1.807) is 12.3 Å². The molecule has 1 N–H and O–H groups in total. The van der Waals surface area contributed by atoms with Crippen molar-refractivity contribution in [2.75, 3.05) is 0 Å². The molecule has 28 heavy (non-hydrogen) atoms. The predicted molar refractivity (Wildman–Crippen MR) is 108 cm³/mol. The number of fused-ring (bicyclic) bond motifs is 1. The van der Waals surface area contributed by atoms with Crippen LogP contribution in [0.2, 0.25) is 5.15 Å². The van der Waals surface area contributed by atoms with E-state index in [-0.39, 0.29) is 5.43 Å². The Morgan fingerprint density at radius 1 is 1.11 bits per heavy atom. The highest BCUT2D eigenvalue weighted by molar-refractivity contribution is 6.29. The van der Waals surface area contributed by atoms with Gasteiger partial charge in [0.1, 0.15) is 22.3 Å². The van der Waals surface area contributed by atoms with Crippen LogP contribution in [0.15, 0.2) is 39.7 Å². The quantitative estimate of drug-likeness (QED) is 0.507. The van der Waals surface area contributed by atoms with Crippen molar-refractivity contribution in [2.45, 2.75) is 32.6 Å². The van der Waals surface area contributed by atoms with Gasteiger partial charge in [0.05, 0.1) is 0 Å². The van der Waals surface area contributed by atoms with Crippen LogP contribution in [0.5, 0.6) is 0 Å². The summed E-state index contributed by atoms with van der Waals surface area (Å²) < 4.78 is 5.80. The van der Waals surface area contributed by atoms with Crippen LogP contribution in [-0.4, -0.2) is 19.9 Å². The minimum Gasteiger partial charge on any atom is -0.460 e. The van der Waals surface area contributed by atoms with Crippen molar-refractivity contribution < 1.29 is 4.42 Å². The molecular weight excluding hydrogens is 376 g/mol. The topological polar surface area (TPSA) is 84.7 Å². The number of halogens is 1. The minimum atomic E-state index is -0.0657. The Labute approximate surface area is 165 Å². The van der Waals surface area contributed by atoms with Gasteiger partial charge in [-0.3, -0.25) is 4.79 Å². The molecule has 0 bridgehead atoms. The third-order valence-electron chi connectivity index (χ3n) is 4.92. The molecule has 0 aromatic carbocycles. The van der Waals surface area contributed by atoms with Crippen LogP contribution < -0.4 is 5.43 Å². The van der Waals surface area contributed by atoms with E-state index in [0.717, 1.165) is 35.4 Å². The molecule has 5 rings (SSSR count). The lowest BCUT2D eigenvalue weighted by Gasteiger charge is -2.10. The standard InChI is InChI=1S/C21H17ClN4O2/c1-10-7-13(8-16(22)24-10)17-18(15-6-3-11(2)28-15)26-21-19(25-17)20(27)14(9-23-21)12-4-5-12/h3,6-9,12H,4-5H2,1-2H3,(H,23,26,27). The zero-order valence-corrected chi connectivity index (χ0v) is 16.2. The summed E-state index contributed by atoms with van der Waals surface area (Å²) >= 11 is 6.18. The second-order valence-electron chi connectivity index (χ2n) is 7.20. The highest BCUT2D eigenvalue weighted by atomic mass is 35.5. The SMILES string of the molecule is Cc1cc(-c2nc3c(=O)c(C4CC4)c[nH]c3nc2-c2ccc(C)o2)cc(Cl)n1. The van der Waals surface area contributed by atoms with Gasteiger partial charge in [-0.2, -0.15) is 0 Å². The lowest BCUT2D eigenvalue weighted by Crippen LogP contribution is -2.12. The van der Waals surface area contributed by atoms with Gasteiger partial charge in [0.25, 0.3) is 0 Å². The number of rotatable bonds is 3. The highest BCUT2D eigenvalue weighted by Crippen LogP contribution is 2.39. The maximum Gasteiger partial charge on any atom is 0.212 e. The molecule has 1 fully saturated rings. The molecule has 1 aliphatic carbocycles. The average Bonchev–Trinajstić information content (AvgIpc) is 3.40. The normalized spacial score (nSPS) is 14.0. The Balaban J connectivity index is 1.83. The molecule has 140 valence electrons. The molecule has 0 radical (unpaired) electrons.